The van der Waals surface area contributed by atoms with Crippen molar-refractivity contribution in [2.45, 2.75) is 0 Å². The summed E-state index contributed by atoms with van der Waals surface area (Å²) in [6, 6.07) is 0. The van der Waals surface area contributed by atoms with Gasteiger partial charge in [0.1, 0.15) is 0 Å². The average molecular weight is 295 g/mol. The van der Waals surface area contributed by atoms with Gasteiger partial charge < -0.3 is 0 Å². The molecule has 0 aromatic heterocycles. The topological polar surface area (TPSA) is 0 Å². The first-order chi connectivity index (χ1) is 0. The van der Waals surface area contributed by atoms with Crippen LogP contribution in [0.25, 0.3) is 0 Å². The maximum Gasteiger partial charge on any atom is 0 e. The van der Waals surface area contributed by atoms with Crippen LogP contribution in [0.4, 0.5) is 0 Å². The third-order valence-electron chi connectivity index (χ3n) is 0. The second kappa shape index (κ2) is 20.2. The molecule has 0 fully saturated rings. The largest absolute Gasteiger partial charge is 0.114 e. The molecular weight excluding hydrogens is 292 g/mol. The van der Waals surface area contributed by atoms with Gasteiger partial charge in [-0.3, -0.25) is 0 Å². The van der Waals surface area contributed by atoms with Crippen LogP contribution in [0.5, 0.6) is 0 Å². The van der Waals surface area contributed by atoms with E-state index >= 15 is 0 Å². The van der Waals surface area contributed by atoms with E-state index in [2.05, 4.69) is 0 Å². The molecule has 0 spiro atoms. The summed E-state index contributed by atoms with van der Waals surface area (Å²) in [4.78, 5) is 0. The van der Waals surface area contributed by atoms with E-state index in [0.29, 0.717) is 0 Å². The molecule has 0 unspecified atom stereocenters. The van der Waals surface area contributed by atoms with Crippen molar-refractivity contribution in [3.8, 4) is 0 Å². The first-order valence-corrected chi connectivity index (χ1v) is 0. The molecule has 0 amide bonds. The number of hydrogen-bond acceptors (Lipinski definition) is 0. The van der Waals surface area contributed by atoms with Crippen molar-refractivity contribution in [1.82, 2.24) is 0 Å². The predicted octanol–water partition coefficient (Wildman–Crippen LogP) is 1.73. The molecule has 0 aromatic carbocycles. The molecule has 0 heterocycles. The van der Waals surface area contributed by atoms with Gasteiger partial charge in [-0.15, -0.1) is 50.9 Å². The predicted molar refractivity (Wildman–Crippen MR) is 31.0 cm³/mol. The molecule has 30 valence electrons. The third kappa shape index (κ3) is 9.02. The zero-order valence-electron chi connectivity index (χ0n) is 1.63. The van der Waals surface area contributed by atoms with Gasteiger partial charge in [-0.25, -0.2) is 0 Å². The Kier molecular flexibility index (Phi) is 191. The van der Waals surface area contributed by atoms with Crippen LogP contribution in [0, 0.1) is 0 Å². The first kappa shape index (κ1) is 38.0. The summed E-state index contributed by atoms with van der Waals surface area (Å²) < 4.78 is 0. The van der Waals surface area contributed by atoms with Gasteiger partial charge in [-0.2, -0.15) is 0 Å². The van der Waals surface area contributed by atoms with E-state index < -0.39 is 0 Å². The van der Waals surface area contributed by atoms with Crippen LogP contribution in [-0.4, -0.2) is 0 Å². The molecule has 0 aliphatic carbocycles. The fourth-order valence-corrected chi connectivity index (χ4v) is 0. The van der Waals surface area contributed by atoms with Crippen LogP contribution in [0.2, 0.25) is 0 Å². The van der Waals surface area contributed by atoms with E-state index in [1.807, 2.05) is 0 Å². The molecule has 4 heteroatoms. The van der Waals surface area contributed by atoms with Crippen LogP contribution in [-0.2, 0) is 17.4 Å². The molecule has 0 saturated heterocycles. The van der Waals surface area contributed by atoms with Gasteiger partial charge in [-0.05, 0) is 0 Å². The standard InChI is InChI=1S/3BrH.Cr/h3*1H;. The van der Waals surface area contributed by atoms with Gasteiger partial charge in [0.15, 0.2) is 0 Å². The van der Waals surface area contributed by atoms with Gasteiger partial charge in [0.2, 0.25) is 0 Å². The summed E-state index contributed by atoms with van der Waals surface area (Å²) in [5.41, 5.74) is 0. The minimum atomic E-state index is 0. The fourth-order valence-electron chi connectivity index (χ4n) is 0. The molecular formula is H3Br3Cr. The van der Waals surface area contributed by atoms with Crippen LogP contribution in [0.15, 0.2) is 0 Å². The molecule has 0 nitrogen and oxygen atoms in total. The molecule has 0 radical (unpaired) electrons. The smallest absolute Gasteiger partial charge is 0 e. The summed E-state index contributed by atoms with van der Waals surface area (Å²) >= 11 is 0. The molecule has 0 aliphatic heterocycles. The molecule has 0 rings (SSSR count). The Labute approximate surface area is 67.8 Å². The zero-order chi connectivity index (χ0) is 0. The second-order valence-electron chi connectivity index (χ2n) is 0. The minimum absolute atomic E-state index is 0. The Morgan fingerprint density at radius 2 is 0.500 bits per heavy atom. The maximum absolute atomic E-state index is 0. The van der Waals surface area contributed by atoms with E-state index in [1.165, 1.54) is 0 Å². The van der Waals surface area contributed by atoms with Gasteiger partial charge in [0, 0.05) is 17.4 Å². The summed E-state index contributed by atoms with van der Waals surface area (Å²) in [5.74, 6) is 0. The fraction of sp³-hybridized carbons (Fsp3) is 0. The van der Waals surface area contributed by atoms with Crippen LogP contribution in [0.1, 0.15) is 0 Å². The van der Waals surface area contributed by atoms with E-state index in [-0.39, 0.29) is 68.3 Å². The molecule has 0 atom stereocenters. The number of rotatable bonds is 0. The number of hydrogen-bond donors (Lipinski definition) is 0. The Morgan fingerprint density at radius 3 is 0.500 bits per heavy atom. The summed E-state index contributed by atoms with van der Waals surface area (Å²) in [6.07, 6.45) is 0. The van der Waals surface area contributed by atoms with Crippen LogP contribution < -0.4 is 0 Å². The Hall–Kier alpha value is 1.97. The quantitative estimate of drug-likeness (QED) is 0.638. The van der Waals surface area contributed by atoms with Crippen molar-refractivity contribution in [2.75, 3.05) is 0 Å². The number of halogens is 3. The summed E-state index contributed by atoms with van der Waals surface area (Å²) in [5, 5.41) is 0. The normalized spacial score (nSPS) is 0. The van der Waals surface area contributed by atoms with E-state index in [9.17, 15) is 0 Å². The molecule has 4 heavy (non-hydrogen) atoms. The summed E-state index contributed by atoms with van der Waals surface area (Å²) in [7, 11) is 0. The Bertz CT molecular complexity index is 3.25. The van der Waals surface area contributed by atoms with Crippen LogP contribution >= 0.6 is 50.9 Å². The first-order valence-electron chi connectivity index (χ1n) is 0. The Balaban J connectivity index is 0. The summed E-state index contributed by atoms with van der Waals surface area (Å²) in [6.45, 7) is 0. The van der Waals surface area contributed by atoms with Gasteiger partial charge in [0.05, 0.1) is 0 Å². The van der Waals surface area contributed by atoms with Gasteiger partial charge >= 0.3 is 0 Å². The maximum atomic E-state index is 0. The third-order valence-corrected chi connectivity index (χ3v) is 0. The van der Waals surface area contributed by atoms with E-state index in [1.54, 1.807) is 0 Å². The van der Waals surface area contributed by atoms with Crippen molar-refractivity contribution < 1.29 is 17.4 Å². The molecule has 0 saturated carbocycles. The van der Waals surface area contributed by atoms with Crippen LogP contribution in [0.3, 0.4) is 0 Å². The molecule has 0 aromatic rings. The van der Waals surface area contributed by atoms with Crippen molar-refractivity contribution >= 4 is 50.9 Å². The average Bonchev–Trinajstić information content (AvgIpc) is 0. The molecule has 0 bridgehead atoms. The molecule has 0 N–H and O–H groups in total. The Morgan fingerprint density at radius 1 is 0.500 bits per heavy atom. The van der Waals surface area contributed by atoms with Crippen molar-refractivity contribution in [3.05, 3.63) is 0 Å². The monoisotopic (exact) mass is 292 g/mol. The van der Waals surface area contributed by atoms with Crippen molar-refractivity contribution in [2.24, 2.45) is 0 Å². The second-order valence-corrected chi connectivity index (χ2v) is 0. The van der Waals surface area contributed by atoms with Gasteiger partial charge in [0.25, 0.3) is 0 Å². The minimum Gasteiger partial charge on any atom is -0.114 e. The van der Waals surface area contributed by atoms with Gasteiger partial charge in [-0.1, -0.05) is 0 Å². The molecule has 0 aliphatic rings. The van der Waals surface area contributed by atoms with Crippen molar-refractivity contribution in [1.29, 1.82) is 0 Å². The zero-order valence-corrected chi connectivity index (χ0v) is 8.05. The SMILES string of the molecule is Br.Br.Br.[Cr]. The van der Waals surface area contributed by atoms with Crippen molar-refractivity contribution in [3.63, 3.8) is 0 Å². The van der Waals surface area contributed by atoms with E-state index in [4.69, 9.17) is 0 Å². The van der Waals surface area contributed by atoms with E-state index in [0.717, 1.165) is 0 Å².